The van der Waals surface area contributed by atoms with Crippen molar-refractivity contribution in [3.05, 3.63) is 35.9 Å². The molecule has 3 nitrogen and oxygen atoms in total. The first kappa shape index (κ1) is 9.77. The second-order valence-corrected chi connectivity index (χ2v) is 3.72. The summed E-state index contributed by atoms with van der Waals surface area (Å²) in [7, 11) is 3.99. The Balaban J connectivity index is 2.24. The molecule has 0 radical (unpaired) electrons. The number of carbonyl (C=O) groups excluding carboxylic acids is 1. The van der Waals surface area contributed by atoms with Gasteiger partial charge in [-0.3, -0.25) is 0 Å². The molecular weight excluding hydrogens is 190 g/mol. The summed E-state index contributed by atoms with van der Waals surface area (Å²) in [4.78, 5) is 12.9. The summed E-state index contributed by atoms with van der Waals surface area (Å²) in [6.07, 6.45) is 1.55. The summed E-state index contributed by atoms with van der Waals surface area (Å²) in [5, 5.41) is 0. The molecule has 1 heterocycles. The summed E-state index contributed by atoms with van der Waals surface area (Å²) in [6, 6.07) is 8.06. The zero-order chi connectivity index (χ0) is 10.8. The Morgan fingerprint density at radius 1 is 1.20 bits per heavy atom. The van der Waals surface area contributed by atoms with Crippen LogP contribution in [0.25, 0.3) is 5.57 Å². The highest BCUT2D eigenvalue weighted by Crippen LogP contribution is 2.22. The molecule has 0 spiro atoms. The Morgan fingerprint density at radius 3 is 2.33 bits per heavy atom. The van der Waals surface area contributed by atoms with Crippen LogP contribution in [0.15, 0.2) is 30.3 Å². The largest absolute Gasteiger partial charge is 0.458 e. The Kier molecular flexibility index (Phi) is 2.46. The van der Waals surface area contributed by atoms with Crippen molar-refractivity contribution in [1.29, 1.82) is 0 Å². The van der Waals surface area contributed by atoms with Crippen LogP contribution in [0.4, 0.5) is 5.69 Å². The molecule has 0 aliphatic carbocycles. The third-order valence-corrected chi connectivity index (χ3v) is 2.42. The van der Waals surface area contributed by atoms with Gasteiger partial charge in [0.25, 0.3) is 0 Å². The number of hydrogen-bond acceptors (Lipinski definition) is 3. The third kappa shape index (κ3) is 2.01. The van der Waals surface area contributed by atoms with Crippen LogP contribution < -0.4 is 4.90 Å². The van der Waals surface area contributed by atoms with Crippen LogP contribution in [0, 0.1) is 0 Å². The van der Waals surface area contributed by atoms with Gasteiger partial charge < -0.3 is 9.64 Å². The average molecular weight is 203 g/mol. The number of cyclic esters (lactones) is 1. The lowest BCUT2D eigenvalue weighted by Crippen LogP contribution is -2.08. The number of ether oxygens (including phenoxy) is 1. The lowest BCUT2D eigenvalue weighted by Gasteiger charge is -2.12. The highest BCUT2D eigenvalue weighted by Gasteiger charge is 2.14. The molecule has 0 saturated carbocycles. The van der Waals surface area contributed by atoms with E-state index in [0.29, 0.717) is 6.61 Å². The summed E-state index contributed by atoms with van der Waals surface area (Å²) in [5.74, 6) is -0.248. The van der Waals surface area contributed by atoms with Crippen LogP contribution in [0.5, 0.6) is 0 Å². The monoisotopic (exact) mass is 203 g/mol. The number of nitrogens with zero attached hydrogens (tertiary/aromatic N) is 1. The Morgan fingerprint density at radius 2 is 1.87 bits per heavy atom. The molecule has 0 bridgehead atoms. The van der Waals surface area contributed by atoms with Crippen molar-refractivity contribution < 1.29 is 9.53 Å². The van der Waals surface area contributed by atoms with Gasteiger partial charge in [0.15, 0.2) is 0 Å². The van der Waals surface area contributed by atoms with Gasteiger partial charge in [-0.05, 0) is 17.7 Å². The van der Waals surface area contributed by atoms with Gasteiger partial charge in [-0.1, -0.05) is 12.1 Å². The minimum Gasteiger partial charge on any atom is -0.458 e. The minimum atomic E-state index is -0.248. The molecule has 1 aromatic carbocycles. The maximum absolute atomic E-state index is 10.9. The predicted molar refractivity (Wildman–Crippen MR) is 59.7 cm³/mol. The first-order chi connectivity index (χ1) is 7.16. The highest BCUT2D eigenvalue weighted by atomic mass is 16.5. The van der Waals surface area contributed by atoms with Crippen molar-refractivity contribution in [2.75, 3.05) is 25.6 Å². The molecule has 1 aliphatic heterocycles. The SMILES string of the molecule is CN(C)c1ccc(C2=CC(=O)OC2)cc1. The van der Waals surface area contributed by atoms with Gasteiger partial charge >= 0.3 is 5.97 Å². The van der Waals surface area contributed by atoms with Gasteiger partial charge in [0.1, 0.15) is 6.61 Å². The molecule has 15 heavy (non-hydrogen) atoms. The van der Waals surface area contributed by atoms with E-state index in [1.807, 2.05) is 43.3 Å². The van der Waals surface area contributed by atoms with Crippen LogP contribution in [-0.2, 0) is 9.53 Å². The lowest BCUT2D eigenvalue weighted by molar-refractivity contribution is -0.134. The average Bonchev–Trinajstić information content (AvgIpc) is 2.65. The number of hydrogen-bond donors (Lipinski definition) is 0. The minimum absolute atomic E-state index is 0.248. The van der Waals surface area contributed by atoms with Crippen molar-refractivity contribution in [2.24, 2.45) is 0 Å². The van der Waals surface area contributed by atoms with E-state index in [2.05, 4.69) is 0 Å². The molecule has 2 rings (SSSR count). The molecule has 0 fully saturated rings. The van der Waals surface area contributed by atoms with Crippen molar-refractivity contribution >= 4 is 17.2 Å². The van der Waals surface area contributed by atoms with Crippen LogP contribution in [0.3, 0.4) is 0 Å². The maximum Gasteiger partial charge on any atom is 0.331 e. The second-order valence-electron chi connectivity index (χ2n) is 3.72. The van der Waals surface area contributed by atoms with E-state index < -0.39 is 0 Å². The molecule has 0 aromatic heterocycles. The van der Waals surface area contributed by atoms with Crippen molar-refractivity contribution in [3.8, 4) is 0 Å². The van der Waals surface area contributed by atoms with Crippen LogP contribution in [0.1, 0.15) is 5.56 Å². The van der Waals surface area contributed by atoms with E-state index in [1.165, 1.54) is 0 Å². The van der Waals surface area contributed by atoms with E-state index in [-0.39, 0.29) is 5.97 Å². The number of rotatable bonds is 2. The van der Waals surface area contributed by atoms with Crippen LogP contribution >= 0.6 is 0 Å². The summed E-state index contributed by atoms with van der Waals surface area (Å²) < 4.78 is 4.86. The number of esters is 1. The quantitative estimate of drug-likeness (QED) is 0.685. The van der Waals surface area contributed by atoms with E-state index >= 15 is 0 Å². The van der Waals surface area contributed by atoms with Gasteiger partial charge in [0.05, 0.1) is 0 Å². The van der Waals surface area contributed by atoms with Crippen LogP contribution in [-0.4, -0.2) is 26.7 Å². The van der Waals surface area contributed by atoms with E-state index in [0.717, 1.165) is 16.8 Å². The predicted octanol–water partition coefficient (Wildman–Crippen LogP) is 1.69. The molecular formula is C12H13NO2. The number of anilines is 1. The Hall–Kier alpha value is -1.77. The van der Waals surface area contributed by atoms with Gasteiger partial charge in [-0.15, -0.1) is 0 Å². The Labute approximate surface area is 89.0 Å². The van der Waals surface area contributed by atoms with Gasteiger partial charge in [-0.25, -0.2) is 4.79 Å². The molecule has 1 aliphatic rings. The molecule has 1 aromatic rings. The zero-order valence-corrected chi connectivity index (χ0v) is 8.86. The first-order valence-corrected chi connectivity index (χ1v) is 4.82. The van der Waals surface area contributed by atoms with Crippen LogP contribution in [0.2, 0.25) is 0 Å². The van der Waals surface area contributed by atoms with E-state index in [1.54, 1.807) is 6.08 Å². The molecule has 0 N–H and O–H groups in total. The maximum atomic E-state index is 10.9. The molecule has 0 unspecified atom stereocenters. The lowest BCUT2D eigenvalue weighted by atomic mass is 10.1. The fraction of sp³-hybridized carbons (Fsp3) is 0.250. The van der Waals surface area contributed by atoms with Gasteiger partial charge in [0.2, 0.25) is 0 Å². The molecule has 0 amide bonds. The normalized spacial score (nSPS) is 14.8. The summed E-state index contributed by atoms with van der Waals surface area (Å²) in [5.41, 5.74) is 3.14. The summed E-state index contributed by atoms with van der Waals surface area (Å²) in [6.45, 7) is 0.389. The van der Waals surface area contributed by atoms with E-state index in [4.69, 9.17) is 4.74 Å². The Bertz CT molecular complexity index is 404. The molecule has 3 heteroatoms. The standard InChI is InChI=1S/C12H13NO2/c1-13(2)11-5-3-9(4-6-11)10-7-12(14)15-8-10/h3-7H,8H2,1-2H3. The second kappa shape index (κ2) is 3.77. The van der Waals surface area contributed by atoms with Gasteiger partial charge in [0, 0.05) is 31.4 Å². The first-order valence-electron chi connectivity index (χ1n) is 4.82. The number of benzene rings is 1. The van der Waals surface area contributed by atoms with Crippen molar-refractivity contribution in [2.45, 2.75) is 0 Å². The van der Waals surface area contributed by atoms with E-state index in [9.17, 15) is 4.79 Å². The van der Waals surface area contributed by atoms with Crippen molar-refractivity contribution in [1.82, 2.24) is 0 Å². The third-order valence-electron chi connectivity index (χ3n) is 2.42. The fourth-order valence-electron chi connectivity index (χ4n) is 1.51. The summed E-state index contributed by atoms with van der Waals surface area (Å²) >= 11 is 0. The molecule has 78 valence electrons. The van der Waals surface area contributed by atoms with Gasteiger partial charge in [-0.2, -0.15) is 0 Å². The zero-order valence-electron chi connectivity index (χ0n) is 8.86. The van der Waals surface area contributed by atoms with Crippen molar-refractivity contribution in [3.63, 3.8) is 0 Å². The smallest absolute Gasteiger partial charge is 0.331 e. The number of carbonyl (C=O) groups is 1. The molecule has 0 saturated heterocycles. The molecule has 0 atom stereocenters. The fourth-order valence-corrected chi connectivity index (χ4v) is 1.51. The topological polar surface area (TPSA) is 29.5 Å². The highest BCUT2D eigenvalue weighted by molar-refractivity contribution is 5.95.